The van der Waals surface area contributed by atoms with E-state index < -0.39 is 5.97 Å². The predicted octanol–water partition coefficient (Wildman–Crippen LogP) is 1.25. The van der Waals surface area contributed by atoms with Gasteiger partial charge in [0, 0.05) is 12.8 Å². The molecular weight excluding hydrogens is 168 g/mol. The second-order valence-corrected chi connectivity index (χ2v) is 2.15. The van der Waals surface area contributed by atoms with Crippen LogP contribution in [0, 0.1) is 0 Å². The van der Waals surface area contributed by atoms with Crippen molar-refractivity contribution in [2.45, 2.75) is 13.8 Å². The molecule has 4 heteroatoms. The van der Waals surface area contributed by atoms with Gasteiger partial charge in [0.1, 0.15) is 0 Å². The van der Waals surface area contributed by atoms with Crippen molar-refractivity contribution in [3.8, 4) is 0 Å². The normalized spacial score (nSPS) is 10.0. The second kappa shape index (κ2) is 9.46. The molecule has 0 radical (unpaired) electrons. The van der Waals surface area contributed by atoms with E-state index in [0.29, 0.717) is 5.88 Å². The lowest BCUT2D eigenvalue weighted by molar-refractivity contribution is -0.134. The van der Waals surface area contributed by atoms with Crippen molar-refractivity contribution in [3.63, 3.8) is 0 Å². The molecule has 0 aliphatic rings. The van der Waals surface area contributed by atoms with Gasteiger partial charge in [-0.15, -0.1) is 11.6 Å². The van der Waals surface area contributed by atoms with Gasteiger partial charge >= 0.3 is 0 Å². The van der Waals surface area contributed by atoms with Crippen LogP contribution in [0.3, 0.4) is 0 Å². The van der Waals surface area contributed by atoms with E-state index in [9.17, 15) is 0 Å². The highest BCUT2D eigenvalue weighted by molar-refractivity contribution is 6.19. The first kappa shape index (κ1) is 13.1. The van der Waals surface area contributed by atoms with Crippen LogP contribution in [0.4, 0.5) is 0 Å². The van der Waals surface area contributed by atoms with E-state index >= 15 is 0 Å². The molecule has 0 saturated carbocycles. The molecule has 0 heterocycles. The molecule has 0 saturated heterocycles. The zero-order valence-electron chi connectivity index (χ0n) is 6.67. The summed E-state index contributed by atoms with van der Waals surface area (Å²) in [6, 6.07) is 0. The molecule has 0 bridgehead atoms. The Morgan fingerprint density at radius 2 is 1.91 bits per heavy atom. The van der Waals surface area contributed by atoms with E-state index in [2.05, 4.69) is 0 Å². The number of alkyl halides is 1. The van der Waals surface area contributed by atoms with Crippen LogP contribution in [0.5, 0.6) is 0 Å². The van der Waals surface area contributed by atoms with E-state index in [1.165, 1.54) is 0 Å². The smallest absolute Gasteiger partial charge is 0.300 e. The van der Waals surface area contributed by atoms with Crippen LogP contribution in [0.25, 0.3) is 0 Å². The van der Waals surface area contributed by atoms with Crippen LogP contribution in [-0.2, 0) is 4.79 Å². The molecule has 0 amide bonds. The van der Waals surface area contributed by atoms with Gasteiger partial charge in [-0.3, -0.25) is 4.79 Å². The number of aliphatic carboxylic acids is 1. The molecule has 0 rings (SSSR count). The Hall–Kier alpha value is -0.540. The minimum atomic E-state index is -0.833. The molecule has 0 fully saturated rings. The number of carboxylic acid groups (broad SMARTS) is 1. The topological polar surface area (TPSA) is 57.5 Å². The van der Waals surface area contributed by atoms with Crippen molar-refractivity contribution in [3.05, 3.63) is 11.6 Å². The van der Waals surface area contributed by atoms with Gasteiger partial charge in [0.15, 0.2) is 0 Å². The average Bonchev–Trinajstić information content (AvgIpc) is 1.87. The number of aliphatic hydroxyl groups is 1. The van der Waals surface area contributed by atoms with Gasteiger partial charge in [0.05, 0.1) is 6.61 Å². The Morgan fingerprint density at radius 3 is 2.00 bits per heavy atom. The first-order valence-corrected chi connectivity index (χ1v) is 3.60. The van der Waals surface area contributed by atoms with Crippen molar-refractivity contribution >= 4 is 17.6 Å². The lowest BCUT2D eigenvalue weighted by atomic mass is 10.3. The quantitative estimate of drug-likeness (QED) is 0.497. The monoisotopic (exact) mass is 180 g/mol. The summed E-state index contributed by atoms with van der Waals surface area (Å²) in [5.41, 5.74) is 1.02. The lowest BCUT2D eigenvalue weighted by Gasteiger charge is -1.86. The zero-order chi connectivity index (χ0) is 9.28. The number of carbonyl (C=O) groups is 1. The minimum Gasteiger partial charge on any atom is -0.481 e. The third-order valence-electron chi connectivity index (χ3n) is 0.651. The van der Waals surface area contributed by atoms with Crippen molar-refractivity contribution in [1.29, 1.82) is 0 Å². The molecule has 0 atom stereocenters. The molecule has 11 heavy (non-hydrogen) atoms. The highest BCUT2D eigenvalue weighted by Gasteiger charge is 1.79. The Morgan fingerprint density at radius 1 is 1.55 bits per heavy atom. The fourth-order valence-electron chi connectivity index (χ4n) is 0.210. The van der Waals surface area contributed by atoms with E-state index in [1.807, 2.05) is 6.92 Å². The molecule has 0 aromatic rings. The van der Waals surface area contributed by atoms with Crippen LogP contribution in [0.1, 0.15) is 13.8 Å². The summed E-state index contributed by atoms with van der Waals surface area (Å²) in [7, 11) is 0. The SMILES string of the molecule is CC(=CCO)CCl.CC(=O)O. The molecule has 2 N–H and O–H groups in total. The summed E-state index contributed by atoms with van der Waals surface area (Å²) in [6.45, 7) is 3.06. The fraction of sp³-hybridized carbons (Fsp3) is 0.571. The zero-order valence-corrected chi connectivity index (χ0v) is 7.43. The number of allylic oxidation sites excluding steroid dienone is 1. The van der Waals surface area contributed by atoms with Gasteiger partial charge in [-0.25, -0.2) is 0 Å². The van der Waals surface area contributed by atoms with Crippen molar-refractivity contribution in [1.82, 2.24) is 0 Å². The first-order valence-electron chi connectivity index (χ1n) is 3.06. The van der Waals surface area contributed by atoms with Gasteiger partial charge in [0.2, 0.25) is 0 Å². The standard InChI is InChI=1S/C5H9ClO.C2H4O2/c1-5(4-6)2-3-7;1-2(3)4/h2,7H,3-4H2,1H3;1H3,(H,3,4). The van der Waals surface area contributed by atoms with Crippen molar-refractivity contribution in [2.24, 2.45) is 0 Å². The number of rotatable bonds is 2. The van der Waals surface area contributed by atoms with Crippen LogP contribution in [0.15, 0.2) is 11.6 Å². The summed E-state index contributed by atoms with van der Waals surface area (Å²) in [5, 5.41) is 15.6. The summed E-state index contributed by atoms with van der Waals surface area (Å²) in [5.74, 6) is -0.319. The van der Waals surface area contributed by atoms with Gasteiger partial charge < -0.3 is 10.2 Å². The van der Waals surface area contributed by atoms with Crippen LogP contribution in [0.2, 0.25) is 0 Å². The van der Waals surface area contributed by atoms with E-state index in [-0.39, 0.29) is 6.61 Å². The first-order chi connectivity index (χ1) is 5.04. The van der Waals surface area contributed by atoms with E-state index in [1.54, 1.807) is 6.08 Å². The molecule has 0 aromatic heterocycles. The molecule has 0 aromatic carbocycles. The van der Waals surface area contributed by atoms with Gasteiger partial charge in [0.25, 0.3) is 5.97 Å². The van der Waals surface area contributed by atoms with Gasteiger partial charge in [-0.05, 0) is 6.92 Å². The molecule has 3 nitrogen and oxygen atoms in total. The van der Waals surface area contributed by atoms with E-state index in [0.717, 1.165) is 12.5 Å². The number of halogens is 1. The van der Waals surface area contributed by atoms with Crippen molar-refractivity contribution < 1.29 is 15.0 Å². The molecule has 0 unspecified atom stereocenters. The number of hydrogen-bond acceptors (Lipinski definition) is 2. The summed E-state index contributed by atoms with van der Waals surface area (Å²) < 4.78 is 0. The van der Waals surface area contributed by atoms with E-state index in [4.69, 9.17) is 26.6 Å². The highest BCUT2D eigenvalue weighted by Crippen LogP contribution is 1.92. The second-order valence-electron chi connectivity index (χ2n) is 1.89. The average molecular weight is 181 g/mol. The van der Waals surface area contributed by atoms with Crippen LogP contribution >= 0.6 is 11.6 Å². The minimum absolute atomic E-state index is 0.0958. The van der Waals surface area contributed by atoms with Gasteiger partial charge in [-0.1, -0.05) is 11.6 Å². The third-order valence-corrected chi connectivity index (χ3v) is 1.07. The summed E-state index contributed by atoms with van der Waals surface area (Å²) >= 11 is 5.35. The van der Waals surface area contributed by atoms with Crippen LogP contribution < -0.4 is 0 Å². The Labute approximate surface area is 71.3 Å². The maximum absolute atomic E-state index is 9.00. The number of carboxylic acids is 1. The molecule has 66 valence electrons. The Kier molecular flexibility index (Phi) is 11.2. The predicted molar refractivity (Wildman–Crippen MR) is 44.9 cm³/mol. The molecule has 0 spiro atoms. The molecular formula is C7H13ClO3. The summed E-state index contributed by atoms with van der Waals surface area (Å²) in [4.78, 5) is 9.00. The maximum Gasteiger partial charge on any atom is 0.300 e. The largest absolute Gasteiger partial charge is 0.481 e. The Balaban J connectivity index is 0. The van der Waals surface area contributed by atoms with Crippen molar-refractivity contribution in [2.75, 3.05) is 12.5 Å². The Bertz CT molecular complexity index is 128. The molecule has 0 aliphatic heterocycles. The lowest BCUT2D eigenvalue weighted by Crippen LogP contribution is -1.79. The third kappa shape index (κ3) is 26.5. The summed E-state index contributed by atoms with van der Waals surface area (Å²) in [6.07, 6.45) is 1.69. The number of aliphatic hydroxyl groups excluding tert-OH is 1. The molecule has 0 aliphatic carbocycles. The van der Waals surface area contributed by atoms with Crippen LogP contribution in [-0.4, -0.2) is 28.7 Å². The fourth-order valence-corrected chi connectivity index (χ4v) is 0.320. The maximum atomic E-state index is 9.00. The number of hydrogen-bond donors (Lipinski definition) is 2. The van der Waals surface area contributed by atoms with Gasteiger partial charge in [-0.2, -0.15) is 0 Å². The highest BCUT2D eigenvalue weighted by atomic mass is 35.5.